The van der Waals surface area contributed by atoms with Crippen molar-refractivity contribution in [1.29, 1.82) is 0 Å². The number of benzene rings is 2. The third-order valence-corrected chi connectivity index (χ3v) is 5.66. The summed E-state index contributed by atoms with van der Waals surface area (Å²) in [4.78, 5) is 15.5. The molecule has 2 atom stereocenters. The molecule has 2 heterocycles. The van der Waals surface area contributed by atoms with Crippen molar-refractivity contribution in [2.45, 2.75) is 39.5 Å². The van der Waals surface area contributed by atoms with Crippen molar-refractivity contribution in [2.75, 3.05) is 13.1 Å². The van der Waals surface area contributed by atoms with E-state index in [1.54, 1.807) is 25.1 Å². The van der Waals surface area contributed by atoms with Crippen LogP contribution in [0.15, 0.2) is 45.6 Å². The van der Waals surface area contributed by atoms with Gasteiger partial charge < -0.3 is 14.3 Å². The highest BCUT2D eigenvalue weighted by Crippen LogP contribution is 2.33. The maximum atomic E-state index is 13.3. The molecule has 0 radical (unpaired) electrons. The van der Waals surface area contributed by atoms with Crippen LogP contribution in [0.3, 0.4) is 0 Å². The lowest BCUT2D eigenvalue weighted by Crippen LogP contribution is -2.44. The first kappa shape index (κ1) is 20.0. The van der Waals surface area contributed by atoms with Gasteiger partial charge in [-0.2, -0.15) is 0 Å². The van der Waals surface area contributed by atoms with E-state index in [0.29, 0.717) is 45.0 Å². The lowest BCUT2D eigenvalue weighted by molar-refractivity contribution is -0.0705. The molecule has 1 aromatic heterocycles. The lowest BCUT2D eigenvalue weighted by Gasteiger charge is -2.35. The first-order valence-electron chi connectivity index (χ1n) is 9.76. The summed E-state index contributed by atoms with van der Waals surface area (Å²) in [5.74, 6) is 0.600. The number of aryl methyl sites for hydroxylation is 1. The van der Waals surface area contributed by atoms with Gasteiger partial charge in [-0.05, 0) is 39.0 Å². The van der Waals surface area contributed by atoms with Crippen LogP contribution in [-0.2, 0) is 11.3 Å². The minimum atomic E-state index is -0.151. The fraction of sp³-hybridized carbons (Fsp3) is 0.348. The highest BCUT2D eigenvalue weighted by molar-refractivity contribution is 6.33. The van der Waals surface area contributed by atoms with Crippen molar-refractivity contribution in [2.24, 2.45) is 0 Å². The predicted octanol–water partition coefficient (Wildman–Crippen LogP) is 4.74. The molecule has 6 heteroatoms. The number of hydrogen-bond acceptors (Lipinski definition) is 5. The molecule has 0 saturated carbocycles. The Morgan fingerprint density at radius 3 is 2.52 bits per heavy atom. The number of fused-ring (bicyclic) bond motifs is 1. The molecule has 0 bridgehead atoms. The SMILES string of the molecule is Cc1oc2c(CN3C[C@H](C)O[C@@H](C)C3)c(O)ccc2c(=O)c1-c1ccccc1Cl. The van der Waals surface area contributed by atoms with E-state index in [1.165, 1.54) is 0 Å². The van der Waals surface area contributed by atoms with Gasteiger partial charge in [-0.15, -0.1) is 0 Å². The number of rotatable bonds is 3. The second-order valence-corrected chi connectivity index (χ2v) is 8.14. The summed E-state index contributed by atoms with van der Waals surface area (Å²) in [6.07, 6.45) is 0.216. The zero-order valence-corrected chi connectivity index (χ0v) is 17.5. The monoisotopic (exact) mass is 413 g/mol. The largest absolute Gasteiger partial charge is 0.507 e. The molecular formula is C23H24ClNO4. The highest BCUT2D eigenvalue weighted by Gasteiger charge is 2.25. The smallest absolute Gasteiger partial charge is 0.200 e. The zero-order chi connectivity index (χ0) is 20.7. The Bertz CT molecular complexity index is 1110. The third-order valence-electron chi connectivity index (χ3n) is 5.33. The van der Waals surface area contributed by atoms with Gasteiger partial charge in [0.05, 0.1) is 28.7 Å². The molecular weight excluding hydrogens is 390 g/mol. The van der Waals surface area contributed by atoms with Gasteiger partial charge in [0.1, 0.15) is 17.1 Å². The fourth-order valence-corrected chi connectivity index (χ4v) is 4.41. The Kier molecular flexibility index (Phi) is 5.38. The van der Waals surface area contributed by atoms with Gasteiger partial charge in [0.15, 0.2) is 0 Å². The van der Waals surface area contributed by atoms with Crippen LogP contribution >= 0.6 is 11.6 Å². The molecule has 1 N–H and O–H groups in total. The number of hydrogen-bond donors (Lipinski definition) is 1. The minimum Gasteiger partial charge on any atom is -0.507 e. The Morgan fingerprint density at radius 2 is 1.83 bits per heavy atom. The molecule has 1 saturated heterocycles. The number of morpholine rings is 1. The summed E-state index contributed by atoms with van der Waals surface area (Å²) >= 11 is 6.33. The maximum absolute atomic E-state index is 13.3. The summed E-state index contributed by atoms with van der Waals surface area (Å²) in [6, 6.07) is 10.4. The topological polar surface area (TPSA) is 62.9 Å². The number of phenols is 1. The Labute approximate surface area is 174 Å². The molecule has 4 rings (SSSR count). The van der Waals surface area contributed by atoms with Crippen LogP contribution in [0.5, 0.6) is 5.75 Å². The van der Waals surface area contributed by atoms with E-state index in [1.807, 2.05) is 32.0 Å². The Hall–Kier alpha value is -2.34. The van der Waals surface area contributed by atoms with Crippen LogP contribution in [0, 0.1) is 6.92 Å². The summed E-state index contributed by atoms with van der Waals surface area (Å²) in [7, 11) is 0. The predicted molar refractivity (Wildman–Crippen MR) is 115 cm³/mol. The summed E-state index contributed by atoms with van der Waals surface area (Å²) in [5.41, 5.74) is 1.99. The van der Waals surface area contributed by atoms with E-state index in [4.69, 9.17) is 20.8 Å². The number of aromatic hydroxyl groups is 1. The van der Waals surface area contributed by atoms with Gasteiger partial charge in [0.25, 0.3) is 0 Å². The van der Waals surface area contributed by atoms with E-state index < -0.39 is 0 Å². The first-order chi connectivity index (χ1) is 13.8. The average molecular weight is 414 g/mol. The molecule has 2 aromatic carbocycles. The fourth-order valence-electron chi connectivity index (χ4n) is 4.18. The van der Waals surface area contributed by atoms with Crippen molar-refractivity contribution in [3.63, 3.8) is 0 Å². The molecule has 1 fully saturated rings. The summed E-state index contributed by atoms with van der Waals surface area (Å²) in [5, 5.41) is 11.5. The quantitative estimate of drug-likeness (QED) is 0.672. The zero-order valence-electron chi connectivity index (χ0n) is 16.7. The van der Waals surface area contributed by atoms with Crippen molar-refractivity contribution in [3.8, 4) is 16.9 Å². The summed E-state index contributed by atoms with van der Waals surface area (Å²) in [6.45, 7) is 7.81. The molecule has 0 spiro atoms. The van der Waals surface area contributed by atoms with Crippen LogP contribution in [-0.4, -0.2) is 35.3 Å². The molecule has 5 nitrogen and oxygen atoms in total. The van der Waals surface area contributed by atoms with Crippen molar-refractivity contribution in [1.82, 2.24) is 4.90 Å². The molecule has 1 aliphatic heterocycles. The van der Waals surface area contributed by atoms with Crippen LogP contribution < -0.4 is 5.43 Å². The first-order valence-corrected chi connectivity index (χ1v) is 10.1. The van der Waals surface area contributed by atoms with Crippen LogP contribution in [0.1, 0.15) is 25.2 Å². The highest BCUT2D eigenvalue weighted by atomic mass is 35.5. The number of ether oxygens (including phenoxy) is 1. The van der Waals surface area contributed by atoms with Crippen LogP contribution in [0.25, 0.3) is 22.1 Å². The van der Waals surface area contributed by atoms with Gasteiger partial charge in [-0.25, -0.2) is 0 Å². The molecule has 0 unspecified atom stereocenters. The van der Waals surface area contributed by atoms with Gasteiger partial charge in [0, 0.05) is 30.2 Å². The second kappa shape index (κ2) is 7.82. The van der Waals surface area contributed by atoms with Crippen molar-refractivity contribution < 1.29 is 14.3 Å². The lowest BCUT2D eigenvalue weighted by atomic mass is 10.0. The van der Waals surface area contributed by atoms with Crippen LogP contribution in [0.2, 0.25) is 5.02 Å². The number of halogens is 1. The summed E-state index contributed by atoms with van der Waals surface area (Å²) < 4.78 is 11.9. The standard InChI is InChI=1S/C23H24ClNO4/c1-13-10-25(11-14(2)28-13)12-18-20(26)9-8-17-22(27)21(15(3)29-23(17)18)16-6-4-5-7-19(16)24/h4-9,13-14,26H,10-12H2,1-3H3/t13-,14-/m0/s1. The van der Waals surface area contributed by atoms with Gasteiger partial charge in [-0.1, -0.05) is 29.8 Å². The average Bonchev–Trinajstić information content (AvgIpc) is 2.65. The van der Waals surface area contributed by atoms with Gasteiger partial charge >= 0.3 is 0 Å². The molecule has 1 aliphatic rings. The van der Waals surface area contributed by atoms with E-state index in [0.717, 1.165) is 13.1 Å². The normalized spacial score (nSPS) is 20.3. The molecule has 29 heavy (non-hydrogen) atoms. The molecule has 3 aromatic rings. The minimum absolute atomic E-state index is 0.108. The number of nitrogens with zero attached hydrogens (tertiary/aromatic N) is 1. The maximum Gasteiger partial charge on any atom is 0.200 e. The van der Waals surface area contributed by atoms with Gasteiger partial charge in [0.2, 0.25) is 5.43 Å². The van der Waals surface area contributed by atoms with E-state index in [-0.39, 0.29) is 23.4 Å². The van der Waals surface area contributed by atoms with E-state index >= 15 is 0 Å². The Balaban J connectivity index is 1.84. The van der Waals surface area contributed by atoms with E-state index in [2.05, 4.69) is 4.90 Å². The Morgan fingerprint density at radius 1 is 1.14 bits per heavy atom. The molecule has 152 valence electrons. The van der Waals surface area contributed by atoms with Crippen molar-refractivity contribution >= 4 is 22.6 Å². The third kappa shape index (κ3) is 3.78. The number of phenolic OH excluding ortho intramolecular Hbond substituents is 1. The molecule has 0 aliphatic carbocycles. The van der Waals surface area contributed by atoms with Crippen molar-refractivity contribution in [3.05, 3.63) is 63.0 Å². The molecule has 0 amide bonds. The van der Waals surface area contributed by atoms with Crippen LogP contribution in [0.4, 0.5) is 0 Å². The van der Waals surface area contributed by atoms with E-state index in [9.17, 15) is 9.90 Å². The second-order valence-electron chi connectivity index (χ2n) is 7.73. The van der Waals surface area contributed by atoms with Gasteiger partial charge in [-0.3, -0.25) is 9.69 Å².